The Morgan fingerprint density at radius 1 is 0.717 bits per heavy atom. The maximum atomic E-state index is 14.2. The fourth-order valence-corrected chi connectivity index (χ4v) is 7.37. The van der Waals surface area contributed by atoms with Gasteiger partial charge in [0.2, 0.25) is 35.4 Å². The van der Waals surface area contributed by atoms with Crippen LogP contribution in [-0.4, -0.2) is 116 Å². The molecule has 0 fully saturated rings. The smallest absolute Gasteiger partial charge is 0.243 e. The van der Waals surface area contributed by atoms with E-state index in [0.29, 0.717) is 29.2 Å². The van der Waals surface area contributed by atoms with E-state index in [-0.39, 0.29) is 31.4 Å². The van der Waals surface area contributed by atoms with Crippen LogP contribution in [-0.2, 0) is 48.0 Å². The van der Waals surface area contributed by atoms with E-state index >= 15 is 0 Å². The van der Waals surface area contributed by atoms with Crippen LogP contribution in [0.15, 0.2) is 67.3 Å². The summed E-state index contributed by atoms with van der Waals surface area (Å²) in [7, 11) is 0. The van der Waals surface area contributed by atoms with Crippen molar-refractivity contribution in [2.75, 3.05) is 24.0 Å². The zero-order valence-electron chi connectivity index (χ0n) is 34.2. The third kappa shape index (κ3) is 14.0. The molecule has 17 nitrogen and oxygen atoms in total. The lowest BCUT2D eigenvalue weighted by Crippen LogP contribution is -2.60. The van der Waals surface area contributed by atoms with E-state index in [1.807, 2.05) is 36.8 Å². The van der Waals surface area contributed by atoms with Crippen molar-refractivity contribution in [3.8, 4) is 5.75 Å². The molecule has 6 amide bonds. The van der Waals surface area contributed by atoms with Crippen molar-refractivity contribution in [1.82, 2.24) is 41.5 Å². The lowest BCUT2D eigenvalue weighted by atomic mass is 10.0. The van der Waals surface area contributed by atoms with E-state index in [2.05, 4.69) is 41.5 Å². The molecular weight excluding hydrogens is 809 g/mol. The Labute approximate surface area is 357 Å². The van der Waals surface area contributed by atoms with Gasteiger partial charge in [0.05, 0.1) is 12.4 Å². The van der Waals surface area contributed by atoms with Gasteiger partial charge in [-0.05, 0) is 78.5 Å². The minimum Gasteiger partial charge on any atom is -0.508 e. The summed E-state index contributed by atoms with van der Waals surface area (Å²) < 4.78 is 0. The van der Waals surface area contributed by atoms with Gasteiger partial charge in [-0.2, -0.15) is 23.5 Å². The van der Waals surface area contributed by atoms with Crippen LogP contribution in [0.5, 0.6) is 5.75 Å². The van der Waals surface area contributed by atoms with Gasteiger partial charge < -0.3 is 53.1 Å². The van der Waals surface area contributed by atoms with E-state index in [9.17, 15) is 33.9 Å². The van der Waals surface area contributed by atoms with E-state index < -0.39 is 77.6 Å². The van der Waals surface area contributed by atoms with Gasteiger partial charge in [0.15, 0.2) is 0 Å². The van der Waals surface area contributed by atoms with E-state index in [4.69, 9.17) is 11.5 Å². The first-order valence-corrected chi connectivity index (χ1v) is 22.3. The van der Waals surface area contributed by atoms with Gasteiger partial charge in [-0.25, -0.2) is 4.98 Å². The van der Waals surface area contributed by atoms with Crippen molar-refractivity contribution in [2.24, 2.45) is 17.4 Å². The number of hydrogen-bond donors (Lipinski definition) is 10. The molecule has 4 aromatic rings. The van der Waals surface area contributed by atoms with Gasteiger partial charge >= 0.3 is 0 Å². The second-order valence-corrected chi connectivity index (χ2v) is 16.7. The molecule has 0 spiro atoms. The fourth-order valence-electron chi connectivity index (χ4n) is 6.43. The first kappa shape index (κ1) is 47.2. The summed E-state index contributed by atoms with van der Waals surface area (Å²) in [6, 6.07) is 7.05. The molecule has 0 unspecified atom stereocenters. The lowest BCUT2D eigenvalue weighted by Gasteiger charge is -2.28. The quantitative estimate of drug-likeness (QED) is 0.0475. The average Bonchev–Trinajstić information content (AvgIpc) is 3.89. The molecule has 324 valence electrons. The number of aromatic amines is 2. The first-order chi connectivity index (χ1) is 28.7. The molecule has 6 atom stereocenters. The number of carbonyl (C=O) groups excluding carboxylic acids is 6. The number of aromatic nitrogens is 3. The van der Waals surface area contributed by atoms with Crippen molar-refractivity contribution >= 4 is 69.9 Å². The van der Waals surface area contributed by atoms with Crippen molar-refractivity contribution in [3.05, 3.63) is 84.1 Å². The third-order valence-electron chi connectivity index (χ3n) is 9.83. The molecule has 0 saturated heterocycles. The number of fused-ring (bicyclic) bond motifs is 1. The summed E-state index contributed by atoms with van der Waals surface area (Å²) in [4.78, 5) is 91.5. The van der Waals surface area contributed by atoms with Crippen molar-refractivity contribution in [1.29, 1.82) is 0 Å². The number of benzene rings is 2. The number of phenols is 1. The zero-order chi connectivity index (χ0) is 43.8. The van der Waals surface area contributed by atoms with E-state index in [0.717, 1.165) is 16.5 Å². The number of imidazole rings is 1. The second kappa shape index (κ2) is 23.3. The highest BCUT2D eigenvalue weighted by Gasteiger charge is 2.34. The summed E-state index contributed by atoms with van der Waals surface area (Å²) >= 11 is 2.94. The number of para-hydroxylation sites is 1. The van der Waals surface area contributed by atoms with Crippen LogP contribution < -0.4 is 38.1 Å². The monoisotopic (exact) mass is 864 g/mol. The Morgan fingerprint density at radius 2 is 1.30 bits per heavy atom. The van der Waals surface area contributed by atoms with Gasteiger partial charge in [0, 0.05) is 41.8 Å². The highest BCUT2D eigenvalue weighted by molar-refractivity contribution is 7.98. The normalized spacial score (nSPS) is 14.3. The van der Waals surface area contributed by atoms with Gasteiger partial charge in [-0.15, -0.1) is 0 Å². The van der Waals surface area contributed by atoms with Gasteiger partial charge in [-0.3, -0.25) is 28.8 Å². The molecular formula is C41H56N10O7S2. The molecule has 2 aromatic carbocycles. The predicted octanol–water partition coefficient (Wildman–Crippen LogP) is 1.02. The Morgan fingerprint density at radius 3 is 1.92 bits per heavy atom. The number of amides is 6. The number of rotatable bonds is 24. The lowest BCUT2D eigenvalue weighted by molar-refractivity contribution is -0.135. The van der Waals surface area contributed by atoms with Crippen LogP contribution in [0.4, 0.5) is 0 Å². The molecule has 60 heavy (non-hydrogen) atoms. The molecule has 2 aromatic heterocycles. The first-order valence-electron chi connectivity index (χ1n) is 19.5. The molecule has 0 aliphatic carbocycles. The van der Waals surface area contributed by atoms with E-state index in [1.54, 1.807) is 32.2 Å². The molecule has 0 saturated carbocycles. The topological polar surface area (TPSA) is 279 Å². The van der Waals surface area contributed by atoms with Gasteiger partial charge in [0.25, 0.3) is 0 Å². The number of carbonyl (C=O) groups is 6. The highest BCUT2D eigenvalue weighted by atomic mass is 32.2. The van der Waals surface area contributed by atoms with Crippen LogP contribution in [0.1, 0.15) is 43.5 Å². The summed E-state index contributed by atoms with van der Waals surface area (Å²) in [5, 5.41) is 24.6. The fraction of sp³-hybridized carbons (Fsp3) is 0.439. The Bertz CT molecular complexity index is 2040. The number of aromatic hydroxyl groups is 1. The Balaban J connectivity index is 1.55. The number of nitrogens with two attached hydrogens (primary N) is 2. The number of thioether (sulfide) groups is 2. The number of primary amides is 1. The summed E-state index contributed by atoms with van der Waals surface area (Å²) in [6.07, 6.45) is 9.04. The predicted molar refractivity (Wildman–Crippen MR) is 234 cm³/mol. The summed E-state index contributed by atoms with van der Waals surface area (Å²) in [6.45, 7) is 3.47. The number of nitrogens with zero attached hydrogens (tertiary/aromatic N) is 1. The number of nitrogens with one attached hydrogen (secondary N) is 7. The SMILES string of the molecule is CSCC[C@H](NC(=O)[C@H](Cc1ccc(O)cc1)NC(=O)[C@@H](Cc1cnc[nH]1)NC(=O)[C@@H](N)Cc1c[nH]c2ccccc12)C(=O)N[C@H](C(=O)N[C@H](CCSC)C(N)=O)C(C)C. The van der Waals surface area contributed by atoms with Crippen LogP contribution >= 0.6 is 23.5 Å². The molecule has 2 heterocycles. The number of phenolic OH excluding ortho intramolecular Hbond substituents is 1. The van der Waals surface area contributed by atoms with Crippen molar-refractivity contribution < 1.29 is 33.9 Å². The van der Waals surface area contributed by atoms with Crippen LogP contribution in [0.2, 0.25) is 0 Å². The van der Waals surface area contributed by atoms with Crippen LogP contribution in [0, 0.1) is 5.92 Å². The standard InChI is InChI=1S/C41H56N10O7S2/c1-23(2)35(41(58)47-31(36(43)53)13-15-59-3)51-38(55)32(14-16-60-4)48-39(56)33(17-24-9-11-27(52)12-10-24)50-40(57)34(19-26-21-44-22-46-26)49-37(54)29(42)18-25-20-45-30-8-6-5-7-28(25)30/h5-12,20-23,29,31-35,45,52H,13-19,42H2,1-4H3,(H2,43,53)(H,44,46)(H,47,58)(H,48,56)(H,49,54)(H,50,57)(H,51,55)/t29-,31+,32-,33-,34+,35-/m0/s1. The minimum absolute atomic E-state index is 0.000887. The van der Waals surface area contributed by atoms with Crippen LogP contribution in [0.3, 0.4) is 0 Å². The molecule has 0 radical (unpaired) electrons. The summed E-state index contributed by atoms with van der Waals surface area (Å²) in [5.74, 6) is -3.32. The second-order valence-electron chi connectivity index (χ2n) is 14.8. The van der Waals surface area contributed by atoms with Crippen molar-refractivity contribution in [3.63, 3.8) is 0 Å². The molecule has 19 heteroatoms. The summed E-state index contributed by atoms with van der Waals surface area (Å²) in [5.41, 5.74) is 14.8. The maximum absolute atomic E-state index is 14.2. The number of hydrogen-bond acceptors (Lipinski definition) is 11. The van der Waals surface area contributed by atoms with Gasteiger partial charge in [0.1, 0.15) is 36.0 Å². The number of H-pyrrole nitrogens is 2. The molecule has 12 N–H and O–H groups in total. The molecule has 0 aliphatic heterocycles. The third-order valence-corrected chi connectivity index (χ3v) is 11.1. The highest BCUT2D eigenvalue weighted by Crippen LogP contribution is 2.19. The Kier molecular flexibility index (Phi) is 18.3. The maximum Gasteiger partial charge on any atom is 0.243 e. The van der Waals surface area contributed by atoms with E-state index in [1.165, 1.54) is 48.2 Å². The molecule has 0 aliphatic rings. The molecule has 0 bridgehead atoms. The van der Waals surface area contributed by atoms with Gasteiger partial charge in [-0.1, -0.05) is 44.2 Å². The Hall–Kier alpha value is -5.53. The molecule has 4 rings (SSSR count). The van der Waals surface area contributed by atoms with Crippen LogP contribution in [0.25, 0.3) is 10.9 Å². The minimum atomic E-state index is -1.27. The largest absolute Gasteiger partial charge is 0.508 e. The van der Waals surface area contributed by atoms with Crippen molar-refractivity contribution in [2.45, 2.75) is 82.2 Å². The average molecular weight is 865 g/mol. The zero-order valence-corrected chi connectivity index (χ0v) is 35.8.